The lowest BCUT2D eigenvalue weighted by atomic mass is 9.81. The van der Waals surface area contributed by atoms with E-state index < -0.39 is 0 Å². The number of ether oxygens (including phenoxy) is 1. The van der Waals surface area contributed by atoms with Crippen LogP contribution in [0.1, 0.15) is 52.0 Å². The number of halogens is 1. The normalized spacial score (nSPS) is 24.8. The van der Waals surface area contributed by atoms with Crippen LogP contribution in [0.25, 0.3) is 0 Å². The van der Waals surface area contributed by atoms with E-state index in [-0.39, 0.29) is 23.4 Å². The minimum absolute atomic E-state index is 0.111. The Morgan fingerprint density at radius 2 is 1.97 bits per heavy atom. The third kappa shape index (κ3) is 4.22. The van der Waals surface area contributed by atoms with E-state index in [0.717, 1.165) is 38.1 Å². The van der Waals surface area contributed by atoms with E-state index in [9.17, 15) is 9.18 Å². The van der Waals surface area contributed by atoms with Gasteiger partial charge in [0.2, 0.25) is 5.91 Å². The van der Waals surface area contributed by atoms with Gasteiger partial charge in [0.15, 0.2) is 0 Å². The molecule has 2 saturated heterocycles. The number of hydrogen-bond donors (Lipinski definition) is 0. The van der Waals surface area contributed by atoms with E-state index in [2.05, 4.69) is 24.0 Å². The van der Waals surface area contributed by atoms with Crippen molar-refractivity contribution in [3.63, 3.8) is 0 Å². The molecule has 0 N–H and O–H groups in total. The molecule has 0 unspecified atom stereocenters. The maximum Gasteiger partial charge on any atom is 0.227 e. The summed E-state index contributed by atoms with van der Waals surface area (Å²) in [7, 11) is 0. The molecule has 5 heteroatoms. The van der Waals surface area contributed by atoms with Gasteiger partial charge in [-0.2, -0.15) is 0 Å². The zero-order chi connectivity index (χ0) is 21.3. The van der Waals surface area contributed by atoms with Crippen molar-refractivity contribution in [2.45, 2.75) is 70.7 Å². The van der Waals surface area contributed by atoms with Crippen molar-refractivity contribution in [2.75, 3.05) is 11.4 Å². The van der Waals surface area contributed by atoms with Gasteiger partial charge in [-0.15, -0.1) is 0 Å². The molecule has 0 saturated carbocycles. The summed E-state index contributed by atoms with van der Waals surface area (Å²) < 4.78 is 19.7. The van der Waals surface area contributed by atoms with Crippen LogP contribution in [-0.2, 0) is 11.3 Å². The summed E-state index contributed by atoms with van der Waals surface area (Å²) in [5, 5.41) is 0. The number of amides is 1. The fourth-order valence-electron chi connectivity index (χ4n) is 5.10. The fraction of sp³-hybridized carbons (Fsp3) is 0.480. The number of carbonyl (C=O) groups is 1. The fourth-order valence-corrected chi connectivity index (χ4v) is 5.10. The molecule has 1 spiro atoms. The number of anilines is 1. The highest BCUT2D eigenvalue weighted by atomic mass is 19.1. The maximum absolute atomic E-state index is 13.8. The molecule has 1 amide bonds. The number of rotatable bonds is 5. The van der Waals surface area contributed by atoms with Gasteiger partial charge < -0.3 is 9.64 Å². The van der Waals surface area contributed by atoms with Gasteiger partial charge in [-0.1, -0.05) is 18.2 Å². The molecular formula is C25H31FN2O2. The standard InChI is InChI=1S/C25H31FN2O2/c1-18(2)30-23-9-4-6-20(14-23)17-27-13-12-25(16-19(27)3)11-10-24(29)28(25)22-8-5-7-21(26)15-22/h4-9,14-15,18-19H,10-13,16-17H2,1-3H3/t19-,25+/m1/s1. The zero-order valence-electron chi connectivity index (χ0n) is 18.1. The minimum Gasteiger partial charge on any atom is -0.491 e. The molecule has 0 aliphatic carbocycles. The van der Waals surface area contributed by atoms with Gasteiger partial charge in [0.05, 0.1) is 11.6 Å². The second-order valence-corrected chi connectivity index (χ2v) is 9.02. The van der Waals surface area contributed by atoms with Crippen LogP contribution in [0, 0.1) is 5.82 Å². The van der Waals surface area contributed by atoms with Crippen LogP contribution in [0.2, 0.25) is 0 Å². The summed E-state index contributed by atoms with van der Waals surface area (Å²) in [6.45, 7) is 8.08. The molecule has 0 bridgehead atoms. The van der Waals surface area contributed by atoms with Crippen LogP contribution in [0.5, 0.6) is 5.75 Å². The lowest BCUT2D eigenvalue weighted by Crippen LogP contribution is -2.56. The molecular weight excluding hydrogens is 379 g/mol. The quantitative estimate of drug-likeness (QED) is 0.682. The van der Waals surface area contributed by atoms with Crippen LogP contribution < -0.4 is 9.64 Å². The van der Waals surface area contributed by atoms with Crippen molar-refractivity contribution in [3.8, 4) is 5.75 Å². The Hall–Kier alpha value is -2.40. The van der Waals surface area contributed by atoms with Crippen LogP contribution in [0.15, 0.2) is 48.5 Å². The molecule has 2 aliphatic rings. The molecule has 0 radical (unpaired) electrons. The topological polar surface area (TPSA) is 32.8 Å². The van der Waals surface area contributed by atoms with Crippen LogP contribution in [0.3, 0.4) is 0 Å². The largest absolute Gasteiger partial charge is 0.491 e. The predicted octanol–water partition coefficient (Wildman–Crippen LogP) is 5.16. The van der Waals surface area contributed by atoms with Crippen molar-refractivity contribution in [1.82, 2.24) is 4.90 Å². The Morgan fingerprint density at radius 1 is 1.17 bits per heavy atom. The molecule has 4 nitrogen and oxygen atoms in total. The highest BCUT2D eigenvalue weighted by molar-refractivity contribution is 5.97. The zero-order valence-corrected chi connectivity index (χ0v) is 18.1. The van der Waals surface area contributed by atoms with Gasteiger partial charge in [0.1, 0.15) is 11.6 Å². The average molecular weight is 411 g/mol. The SMILES string of the molecule is CC(C)Oc1cccc(CN2CC[C@@]3(CCC(=O)N3c3cccc(F)c3)C[C@H]2C)c1. The smallest absolute Gasteiger partial charge is 0.227 e. The van der Waals surface area contributed by atoms with Crippen molar-refractivity contribution in [3.05, 3.63) is 59.9 Å². The number of nitrogens with zero attached hydrogens (tertiary/aromatic N) is 2. The lowest BCUT2D eigenvalue weighted by Gasteiger charge is -2.48. The minimum atomic E-state index is -0.295. The summed E-state index contributed by atoms with van der Waals surface area (Å²) >= 11 is 0. The number of benzene rings is 2. The summed E-state index contributed by atoms with van der Waals surface area (Å²) in [6, 6.07) is 15.1. The summed E-state index contributed by atoms with van der Waals surface area (Å²) in [4.78, 5) is 17.1. The van der Waals surface area contributed by atoms with Crippen LogP contribution in [0.4, 0.5) is 10.1 Å². The van der Waals surface area contributed by atoms with Gasteiger partial charge in [-0.3, -0.25) is 9.69 Å². The van der Waals surface area contributed by atoms with Gasteiger partial charge in [0, 0.05) is 31.2 Å². The van der Waals surface area contributed by atoms with Crippen molar-refractivity contribution in [1.29, 1.82) is 0 Å². The Kier molecular flexibility index (Phi) is 5.83. The predicted molar refractivity (Wildman–Crippen MR) is 117 cm³/mol. The highest BCUT2D eigenvalue weighted by Crippen LogP contribution is 2.44. The average Bonchev–Trinajstić information content (AvgIpc) is 2.99. The van der Waals surface area contributed by atoms with Gasteiger partial charge >= 0.3 is 0 Å². The molecule has 2 aliphatic heterocycles. The monoisotopic (exact) mass is 410 g/mol. The first-order valence-electron chi connectivity index (χ1n) is 10.9. The number of likely N-dealkylation sites (tertiary alicyclic amines) is 1. The summed E-state index contributed by atoms with van der Waals surface area (Å²) in [5.74, 6) is 0.721. The molecule has 2 fully saturated rings. The number of carbonyl (C=O) groups excluding carboxylic acids is 1. The number of hydrogen-bond acceptors (Lipinski definition) is 3. The lowest BCUT2D eigenvalue weighted by molar-refractivity contribution is -0.117. The first-order valence-corrected chi connectivity index (χ1v) is 10.9. The van der Waals surface area contributed by atoms with Crippen molar-refractivity contribution in [2.24, 2.45) is 0 Å². The second kappa shape index (κ2) is 8.38. The molecule has 30 heavy (non-hydrogen) atoms. The molecule has 160 valence electrons. The Morgan fingerprint density at radius 3 is 2.70 bits per heavy atom. The Balaban J connectivity index is 1.49. The van der Waals surface area contributed by atoms with Crippen molar-refractivity contribution < 1.29 is 13.9 Å². The van der Waals surface area contributed by atoms with E-state index in [1.54, 1.807) is 6.07 Å². The third-order valence-electron chi connectivity index (χ3n) is 6.41. The Labute approximate surface area is 178 Å². The van der Waals surface area contributed by atoms with Crippen molar-refractivity contribution >= 4 is 11.6 Å². The molecule has 2 heterocycles. The van der Waals surface area contributed by atoms with E-state index in [4.69, 9.17) is 4.74 Å². The van der Waals surface area contributed by atoms with E-state index in [1.165, 1.54) is 17.7 Å². The van der Waals surface area contributed by atoms with Crippen LogP contribution in [-0.4, -0.2) is 35.0 Å². The van der Waals surface area contributed by atoms with Gasteiger partial charge in [-0.25, -0.2) is 4.39 Å². The van der Waals surface area contributed by atoms with Gasteiger partial charge in [-0.05, 0) is 75.9 Å². The summed E-state index contributed by atoms with van der Waals surface area (Å²) in [5.41, 5.74) is 1.72. The van der Waals surface area contributed by atoms with E-state index in [0.29, 0.717) is 18.2 Å². The van der Waals surface area contributed by atoms with E-state index in [1.807, 2.05) is 36.9 Å². The molecule has 4 rings (SSSR count). The third-order valence-corrected chi connectivity index (χ3v) is 6.41. The molecule has 2 aromatic carbocycles. The molecule has 0 aromatic heterocycles. The maximum atomic E-state index is 13.8. The Bertz CT molecular complexity index is 916. The molecule has 2 aromatic rings. The first kappa shape index (κ1) is 20.9. The summed E-state index contributed by atoms with van der Waals surface area (Å²) in [6.07, 6.45) is 3.35. The van der Waals surface area contributed by atoms with Crippen LogP contribution >= 0.6 is 0 Å². The van der Waals surface area contributed by atoms with Gasteiger partial charge in [0.25, 0.3) is 0 Å². The first-order chi connectivity index (χ1) is 14.4. The second-order valence-electron chi connectivity index (χ2n) is 9.02. The number of piperidine rings is 1. The molecule has 2 atom stereocenters. The highest BCUT2D eigenvalue weighted by Gasteiger charge is 2.49. The van der Waals surface area contributed by atoms with E-state index >= 15 is 0 Å².